The molecule has 2 aromatic carbocycles. The molecule has 0 unspecified atom stereocenters. The Hall–Kier alpha value is -1.03. The molecular formula is C14H13Cl2NOS. The summed E-state index contributed by atoms with van der Waals surface area (Å²) in [5, 5.41) is 1.38. The molecule has 100 valence electrons. The lowest BCUT2D eigenvalue weighted by atomic mass is 10.3. The number of nitrogen functional groups attached to an aromatic ring is 1. The maximum Gasteiger partial charge on any atom is 0.120 e. The number of hydrogen-bond donors (Lipinski definition) is 1. The van der Waals surface area contributed by atoms with E-state index < -0.39 is 0 Å². The maximum absolute atomic E-state index is 6.08. The van der Waals surface area contributed by atoms with Gasteiger partial charge in [0, 0.05) is 21.4 Å². The SMILES string of the molecule is Nc1ccc(Cl)c(SCCOc2cccc(Cl)c2)c1. The number of anilines is 1. The fourth-order valence-electron chi connectivity index (χ4n) is 1.50. The highest BCUT2D eigenvalue weighted by Crippen LogP contribution is 2.29. The van der Waals surface area contributed by atoms with E-state index >= 15 is 0 Å². The summed E-state index contributed by atoms with van der Waals surface area (Å²) in [6, 6.07) is 12.8. The minimum Gasteiger partial charge on any atom is -0.493 e. The maximum atomic E-state index is 6.08. The van der Waals surface area contributed by atoms with Crippen LogP contribution < -0.4 is 10.5 Å². The largest absolute Gasteiger partial charge is 0.493 e. The summed E-state index contributed by atoms with van der Waals surface area (Å²) in [5.74, 6) is 1.56. The number of ether oxygens (including phenoxy) is 1. The molecule has 0 aliphatic rings. The van der Waals surface area contributed by atoms with Crippen LogP contribution in [0.4, 0.5) is 5.69 Å². The number of hydrogen-bond acceptors (Lipinski definition) is 3. The summed E-state index contributed by atoms with van der Waals surface area (Å²) in [5.41, 5.74) is 6.43. The van der Waals surface area contributed by atoms with E-state index in [2.05, 4.69) is 0 Å². The summed E-state index contributed by atoms with van der Waals surface area (Å²) in [6.07, 6.45) is 0. The molecule has 0 heterocycles. The highest BCUT2D eigenvalue weighted by molar-refractivity contribution is 7.99. The molecule has 2 rings (SSSR count). The van der Waals surface area contributed by atoms with Crippen LogP contribution in [0, 0.1) is 0 Å². The van der Waals surface area contributed by atoms with E-state index in [4.69, 9.17) is 33.7 Å². The molecule has 19 heavy (non-hydrogen) atoms. The van der Waals surface area contributed by atoms with Gasteiger partial charge in [-0.05, 0) is 36.4 Å². The Bertz CT molecular complexity index is 563. The molecule has 5 heteroatoms. The van der Waals surface area contributed by atoms with E-state index in [1.54, 1.807) is 30.0 Å². The number of nitrogens with two attached hydrogens (primary N) is 1. The van der Waals surface area contributed by atoms with Crippen molar-refractivity contribution in [3.8, 4) is 5.75 Å². The van der Waals surface area contributed by atoms with Gasteiger partial charge in [0.2, 0.25) is 0 Å². The lowest BCUT2D eigenvalue weighted by Gasteiger charge is -2.07. The van der Waals surface area contributed by atoms with Crippen molar-refractivity contribution in [1.29, 1.82) is 0 Å². The van der Waals surface area contributed by atoms with E-state index in [0.29, 0.717) is 22.3 Å². The summed E-state index contributed by atoms with van der Waals surface area (Å²) in [6.45, 7) is 0.580. The van der Waals surface area contributed by atoms with Crippen molar-refractivity contribution in [3.05, 3.63) is 52.5 Å². The summed E-state index contributed by atoms with van der Waals surface area (Å²) >= 11 is 13.6. The number of halogens is 2. The average Bonchev–Trinajstić information content (AvgIpc) is 2.39. The molecule has 0 amide bonds. The molecule has 0 aliphatic carbocycles. The highest BCUT2D eigenvalue weighted by atomic mass is 35.5. The quantitative estimate of drug-likeness (QED) is 0.491. The molecule has 2 aromatic rings. The molecule has 0 spiro atoms. The first-order valence-corrected chi connectivity index (χ1v) is 7.45. The molecule has 0 aliphatic heterocycles. The van der Waals surface area contributed by atoms with Gasteiger partial charge in [0.05, 0.1) is 11.6 Å². The van der Waals surface area contributed by atoms with E-state index in [-0.39, 0.29) is 0 Å². The van der Waals surface area contributed by atoms with Crippen molar-refractivity contribution in [2.75, 3.05) is 18.1 Å². The molecule has 2 N–H and O–H groups in total. The summed E-state index contributed by atoms with van der Waals surface area (Å²) in [7, 11) is 0. The molecular weight excluding hydrogens is 301 g/mol. The zero-order valence-electron chi connectivity index (χ0n) is 10.1. The van der Waals surface area contributed by atoms with Crippen LogP contribution >= 0.6 is 35.0 Å². The van der Waals surface area contributed by atoms with Gasteiger partial charge in [-0.2, -0.15) is 0 Å². The van der Waals surface area contributed by atoms with Gasteiger partial charge in [-0.3, -0.25) is 0 Å². The minimum atomic E-state index is 0.580. The first-order chi connectivity index (χ1) is 9.15. The van der Waals surface area contributed by atoms with Gasteiger partial charge in [-0.25, -0.2) is 0 Å². The van der Waals surface area contributed by atoms with Crippen molar-refractivity contribution >= 4 is 40.7 Å². The van der Waals surface area contributed by atoms with Crippen LogP contribution in [0.5, 0.6) is 5.75 Å². The van der Waals surface area contributed by atoms with Crippen molar-refractivity contribution in [1.82, 2.24) is 0 Å². The van der Waals surface area contributed by atoms with Gasteiger partial charge in [-0.1, -0.05) is 29.3 Å². The zero-order chi connectivity index (χ0) is 13.7. The Labute approximate surface area is 126 Å². The molecule has 0 radical (unpaired) electrons. The van der Waals surface area contributed by atoms with E-state index in [0.717, 1.165) is 16.4 Å². The van der Waals surface area contributed by atoms with Crippen LogP contribution in [0.2, 0.25) is 10.0 Å². The third kappa shape index (κ3) is 4.53. The Morgan fingerprint density at radius 1 is 1.11 bits per heavy atom. The fourth-order valence-corrected chi connectivity index (χ4v) is 2.77. The van der Waals surface area contributed by atoms with Crippen LogP contribution in [0.3, 0.4) is 0 Å². The summed E-state index contributed by atoms with van der Waals surface area (Å²) in [4.78, 5) is 0.969. The van der Waals surface area contributed by atoms with E-state index in [1.807, 2.05) is 24.3 Å². The van der Waals surface area contributed by atoms with Gasteiger partial charge in [0.1, 0.15) is 5.75 Å². The number of thioether (sulfide) groups is 1. The third-order valence-electron chi connectivity index (χ3n) is 2.36. The van der Waals surface area contributed by atoms with Crippen molar-refractivity contribution < 1.29 is 4.74 Å². The monoisotopic (exact) mass is 313 g/mol. The molecule has 0 aromatic heterocycles. The second-order valence-corrected chi connectivity index (χ2v) is 5.82. The molecule has 0 saturated heterocycles. The predicted molar refractivity (Wildman–Crippen MR) is 83.5 cm³/mol. The first-order valence-electron chi connectivity index (χ1n) is 5.71. The van der Waals surface area contributed by atoms with Crippen molar-refractivity contribution in [2.24, 2.45) is 0 Å². The molecule has 0 fully saturated rings. The molecule has 0 saturated carbocycles. The Kier molecular flexibility index (Phi) is 5.25. The Balaban J connectivity index is 1.82. The van der Waals surface area contributed by atoms with Crippen LogP contribution in [0.15, 0.2) is 47.4 Å². The Morgan fingerprint density at radius 2 is 1.95 bits per heavy atom. The number of benzene rings is 2. The minimum absolute atomic E-state index is 0.580. The normalized spacial score (nSPS) is 10.4. The lowest BCUT2D eigenvalue weighted by molar-refractivity contribution is 0.344. The lowest BCUT2D eigenvalue weighted by Crippen LogP contribution is -2.00. The zero-order valence-corrected chi connectivity index (χ0v) is 12.4. The summed E-state index contributed by atoms with van der Waals surface area (Å²) < 4.78 is 5.60. The first kappa shape index (κ1) is 14.4. The third-order valence-corrected chi connectivity index (χ3v) is 4.06. The smallest absolute Gasteiger partial charge is 0.120 e. The van der Waals surface area contributed by atoms with Gasteiger partial charge < -0.3 is 10.5 Å². The van der Waals surface area contributed by atoms with Gasteiger partial charge in [0.15, 0.2) is 0 Å². The van der Waals surface area contributed by atoms with Crippen LogP contribution in [0.1, 0.15) is 0 Å². The van der Waals surface area contributed by atoms with Crippen LogP contribution in [-0.4, -0.2) is 12.4 Å². The number of rotatable bonds is 5. The second-order valence-electron chi connectivity index (χ2n) is 3.84. The highest BCUT2D eigenvalue weighted by Gasteiger charge is 2.02. The van der Waals surface area contributed by atoms with Crippen molar-refractivity contribution in [2.45, 2.75) is 4.90 Å². The van der Waals surface area contributed by atoms with E-state index in [9.17, 15) is 0 Å². The van der Waals surface area contributed by atoms with Crippen molar-refractivity contribution in [3.63, 3.8) is 0 Å². The van der Waals surface area contributed by atoms with Crippen LogP contribution in [-0.2, 0) is 0 Å². The van der Waals surface area contributed by atoms with Gasteiger partial charge >= 0.3 is 0 Å². The van der Waals surface area contributed by atoms with E-state index in [1.165, 1.54) is 0 Å². The van der Waals surface area contributed by atoms with Gasteiger partial charge in [-0.15, -0.1) is 11.8 Å². The van der Waals surface area contributed by atoms with Crippen LogP contribution in [0.25, 0.3) is 0 Å². The van der Waals surface area contributed by atoms with Gasteiger partial charge in [0.25, 0.3) is 0 Å². The Morgan fingerprint density at radius 3 is 2.74 bits per heavy atom. The fraction of sp³-hybridized carbons (Fsp3) is 0.143. The molecule has 2 nitrogen and oxygen atoms in total. The second kappa shape index (κ2) is 6.94. The topological polar surface area (TPSA) is 35.2 Å². The predicted octanol–water partition coefficient (Wildman–Crippen LogP) is 4.75. The average molecular weight is 314 g/mol. The molecule has 0 bridgehead atoms. The standard InChI is InChI=1S/C14H13Cl2NOS/c15-10-2-1-3-12(8-10)18-6-7-19-14-9-11(17)4-5-13(14)16/h1-5,8-9H,6-7,17H2. The molecule has 0 atom stereocenters.